The number of ether oxygens (including phenoxy) is 2. The number of nitrogens with one attached hydrogen (secondary N) is 1. The lowest BCUT2D eigenvalue weighted by Crippen LogP contribution is -2.35. The second-order valence-electron chi connectivity index (χ2n) is 6.73. The van der Waals surface area contributed by atoms with E-state index in [1.54, 1.807) is 12.1 Å². The third kappa shape index (κ3) is 5.31. The van der Waals surface area contributed by atoms with E-state index in [0.717, 1.165) is 44.3 Å². The molecule has 1 aliphatic heterocycles. The summed E-state index contributed by atoms with van der Waals surface area (Å²) in [7, 11) is 0. The maximum atomic E-state index is 12.4. The van der Waals surface area contributed by atoms with E-state index in [0.29, 0.717) is 5.56 Å². The van der Waals surface area contributed by atoms with Gasteiger partial charge in [0.1, 0.15) is 5.75 Å². The molecule has 0 atom stereocenters. The number of anilines is 1. The highest BCUT2D eigenvalue weighted by Crippen LogP contribution is 2.16. The van der Waals surface area contributed by atoms with Crippen LogP contribution in [-0.2, 0) is 11.3 Å². The summed E-state index contributed by atoms with van der Waals surface area (Å²) in [6.07, 6.45) is 0.116. The first-order valence-corrected chi connectivity index (χ1v) is 9.07. The van der Waals surface area contributed by atoms with Crippen LogP contribution in [-0.4, -0.2) is 43.2 Å². The summed E-state index contributed by atoms with van der Waals surface area (Å²) in [5.41, 5.74) is 2.64. The van der Waals surface area contributed by atoms with Crippen molar-refractivity contribution in [3.05, 3.63) is 59.7 Å². The van der Waals surface area contributed by atoms with Crippen LogP contribution in [0.1, 0.15) is 29.8 Å². The Kier molecular flexibility index (Phi) is 6.26. The van der Waals surface area contributed by atoms with E-state index in [1.807, 2.05) is 38.1 Å². The van der Waals surface area contributed by atoms with Crippen molar-refractivity contribution in [1.29, 1.82) is 0 Å². The van der Waals surface area contributed by atoms with Gasteiger partial charge < -0.3 is 14.8 Å². The molecule has 1 N–H and O–H groups in total. The molecule has 0 radical (unpaired) electrons. The number of benzene rings is 2. The molecule has 0 bridgehead atoms. The minimum Gasteiger partial charge on any atom is -0.491 e. The molecule has 26 heavy (non-hydrogen) atoms. The number of hydrogen-bond donors (Lipinski definition) is 1. The third-order valence-electron chi connectivity index (χ3n) is 4.21. The summed E-state index contributed by atoms with van der Waals surface area (Å²) in [6.45, 7) is 8.40. The number of hydrogen-bond acceptors (Lipinski definition) is 4. The van der Waals surface area contributed by atoms with Crippen LogP contribution < -0.4 is 10.1 Å². The van der Waals surface area contributed by atoms with E-state index in [1.165, 1.54) is 5.56 Å². The SMILES string of the molecule is CC(C)Oc1ccc(C(=O)Nc2ccc(CN3CCOCC3)cc2)cc1. The normalized spacial score (nSPS) is 15.0. The lowest BCUT2D eigenvalue weighted by atomic mass is 10.1. The number of amides is 1. The molecule has 2 aromatic carbocycles. The topological polar surface area (TPSA) is 50.8 Å². The van der Waals surface area contributed by atoms with Crippen LogP contribution in [0.3, 0.4) is 0 Å². The van der Waals surface area contributed by atoms with E-state index in [-0.39, 0.29) is 12.0 Å². The average molecular weight is 354 g/mol. The molecule has 0 unspecified atom stereocenters. The van der Waals surface area contributed by atoms with Crippen molar-refractivity contribution < 1.29 is 14.3 Å². The fraction of sp³-hybridized carbons (Fsp3) is 0.381. The lowest BCUT2D eigenvalue weighted by molar-refractivity contribution is 0.0342. The van der Waals surface area contributed by atoms with Crippen LogP contribution >= 0.6 is 0 Å². The van der Waals surface area contributed by atoms with Crippen molar-refractivity contribution in [3.8, 4) is 5.75 Å². The smallest absolute Gasteiger partial charge is 0.255 e. The Morgan fingerprint density at radius 2 is 1.73 bits per heavy atom. The molecule has 5 heteroatoms. The van der Waals surface area contributed by atoms with Gasteiger partial charge in [0.2, 0.25) is 0 Å². The van der Waals surface area contributed by atoms with Crippen LogP contribution in [0.15, 0.2) is 48.5 Å². The van der Waals surface area contributed by atoms with Crippen LogP contribution in [0, 0.1) is 0 Å². The standard InChI is InChI=1S/C21H26N2O3/c1-16(2)26-20-9-5-18(6-10-20)21(24)22-19-7-3-17(4-8-19)15-23-11-13-25-14-12-23/h3-10,16H,11-15H2,1-2H3,(H,22,24). The minimum atomic E-state index is -0.123. The van der Waals surface area contributed by atoms with Gasteiger partial charge in [-0.25, -0.2) is 0 Å². The van der Waals surface area contributed by atoms with Crippen LogP contribution in [0.25, 0.3) is 0 Å². The van der Waals surface area contributed by atoms with Crippen molar-refractivity contribution in [3.63, 3.8) is 0 Å². The van der Waals surface area contributed by atoms with Crippen LogP contribution in [0.4, 0.5) is 5.69 Å². The molecule has 2 aromatic rings. The number of morpholine rings is 1. The molecule has 0 saturated carbocycles. The number of carbonyl (C=O) groups is 1. The van der Waals surface area contributed by atoms with Crippen molar-refractivity contribution in [2.45, 2.75) is 26.5 Å². The summed E-state index contributed by atoms with van der Waals surface area (Å²) < 4.78 is 11.0. The minimum absolute atomic E-state index is 0.116. The molecule has 5 nitrogen and oxygen atoms in total. The van der Waals surface area contributed by atoms with E-state index in [4.69, 9.17) is 9.47 Å². The van der Waals surface area contributed by atoms with E-state index < -0.39 is 0 Å². The maximum Gasteiger partial charge on any atom is 0.255 e. The number of carbonyl (C=O) groups excluding carboxylic acids is 1. The maximum absolute atomic E-state index is 12.4. The Morgan fingerprint density at radius 3 is 2.35 bits per heavy atom. The van der Waals surface area contributed by atoms with Gasteiger partial charge in [0.25, 0.3) is 5.91 Å². The van der Waals surface area contributed by atoms with Gasteiger partial charge in [-0.1, -0.05) is 12.1 Å². The van der Waals surface area contributed by atoms with Gasteiger partial charge >= 0.3 is 0 Å². The highest BCUT2D eigenvalue weighted by molar-refractivity contribution is 6.04. The fourth-order valence-corrected chi connectivity index (χ4v) is 2.87. The predicted octanol–water partition coefficient (Wildman–Crippen LogP) is 3.56. The Labute approximate surface area is 154 Å². The van der Waals surface area contributed by atoms with Crippen molar-refractivity contribution in [1.82, 2.24) is 4.90 Å². The summed E-state index contributed by atoms with van der Waals surface area (Å²) >= 11 is 0. The van der Waals surface area contributed by atoms with Crippen LogP contribution in [0.5, 0.6) is 5.75 Å². The number of nitrogens with zero attached hydrogens (tertiary/aromatic N) is 1. The Bertz CT molecular complexity index is 705. The summed E-state index contributed by atoms with van der Waals surface area (Å²) in [6, 6.07) is 15.2. The second-order valence-corrected chi connectivity index (χ2v) is 6.73. The molecule has 1 fully saturated rings. The molecule has 1 saturated heterocycles. The first-order chi connectivity index (χ1) is 12.6. The molecular weight excluding hydrogens is 328 g/mol. The first kappa shape index (κ1) is 18.4. The molecule has 0 aromatic heterocycles. The molecule has 0 aliphatic carbocycles. The van der Waals surface area contributed by atoms with Gasteiger partial charge in [-0.2, -0.15) is 0 Å². The van der Waals surface area contributed by atoms with Gasteiger partial charge in [-0.05, 0) is 55.8 Å². The van der Waals surface area contributed by atoms with E-state index in [9.17, 15) is 4.79 Å². The Balaban J connectivity index is 1.55. The molecule has 1 amide bonds. The van der Waals surface area contributed by atoms with Gasteiger partial charge in [0.05, 0.1) is 19.3 Å². The van der Waals surface area contributed by atoms with Gasteiger partial charge in [0, 0.05) is 30.9 Å². The zero-order valence-electron chi connectivity index (χ0n) is 15.4. The van der Waals surface area contributed by atoms with Crippen molar-refractivity contribution in [2.75, 3.05) is 31.6 Å². The highest BCUT2D eigenvalue weighted by atomic mass is 16.5. The quantitative estimate of drug-likeness (QED) is 0.862. The lowest BCUT2D eigenvalue weighted by Gasteiger charge is -2.26. The molecule has 3 rings (SSSR count). The average Bonchev–Trinajstić information content (AvgIpc) is 2.64. The van der Waals surface area contributed by atoms with Gasteiger partial charge in [-0.3, -0.25) is 9.69 Å². The Morgan fingerprint density at radius 1 is 1.08 bits per heavy atom. The summed E-state index contributed by atoms with van der Waals surface area (Å²) in [5.74, 6) is 0.644. The zero-order valence-corrected chi connectivity index (χ0v) is 15.4. The van der Waals surface area contributed by atoms with Crippen LogP contribution in [0.2, 0.25) is 0 Å². The van der Waals surface area contributed by atoms with Crippen molar-refractivity contribution in [2.24, 2.45) is 0 Å². The second kappa shape index (κ2) is 8.83. The van der Waals surface area contributed by atoms with E-state index in [2.05, 4.69) is 22.3 Å². The molecule has 1 aliphatic rings. The van der Waals surface area contributed by atoms with Crippen molar-refractivity contribution >= 4 is 11.6 Å². The largest absolute Gasteiger partial charge is 0.491 e. The van der Waals surface area contributed by atoms with E-state index >= 15 is 0 Å². The van der Waals surface area contributed by atoms with Gasteiger partial charge in [0.15, 0.2) is 0 Å². The zero-order chi connectivity index (χ0) is 18.4. The molecule has 0 spiro atoms. The van der Waals surface area contributed by atoms with Gasteiger partial charge in [-0.15, -0.1) is 0 Å². The molecule has 1 heterocycles. The highest BCUT2D eigenvalue weighted by Gasteiger charge is 2.11. The summed E-state index contributed by atoms with van der Waals surface area (Å²) in [4.78, 5) is 14.7. The predicted molar refractivity (Wildman–Crippen MR) is 103 cm³/mol. The third-order valence-corrected chi connectivity index (χ3v) is 4.21. The number of rotatable bonds is 6. The fourth-order valence-electron chi connectivity index (χ4n) is 2.87. The first-order valence-electron chi connectivity index (χ1n) is 9.07. The Hall–Kier alpha value is -2.37. The molecule has 138 valence electrons. The molecular formula is C21H26N2O3. The monoisotopic (exact) mass is 354 g/mol. The summed E-state index contributed by atoms with van der Waals surface area (Å²) in [5, 5.41) is 2.94.